The molecule has 29 heavy (non-hydrogen) atoms. The monoisotopic (exact) mass is 398 g/mol. The Morgan fingerprint density at radius 1 is 1.03 bits per heavy atom. The van der Waals surface area contributed by atoms with Crippen molar-refractivity contribution in [2.75, 3.05) is 0 Å². The van der Waals surface area contributed by atoms with Gasteiger partial charge in [-0.3, -0.25) is 9.59 Å². The first-order valence-corrected chi connectivity index (χ1v) is 7.47. The summed E-state index contributed by atoms with van der Waals surface area (Å²) >= 11 is 0. The van der Waals surface area contributed by atoms with Crippen molar-refractivity contribution in [1.29, 1.82) is 0 Å². The molecule has 16 heteroatoms. The van der Waals surface area contributed by atoms with Gasteiger partial charge in [-0.1, -0.05) is 16.3 Å². The van der Waals surface area contributed by atoms with E-state index in [0.29, 0.717) is 0 Å². The number of primary amides is 2. The van der Waals surface area contributed by atoms with Crippen molar-refractivity contribution in [2.24, 2.45) is 11.5 Å². The van der Waals surface area contributed by atoms with E-state index in [0.717, 1.165) is 26.1 Å². The lowest BCUT2D eigenvalue weighted by Crippen LogP contribution is -2.29. The van der Waals surface area contributed by atoms with Crippen molar-refractivity contribution < 1.29 is 9.59 Å². The Balaban J connectivity index is 0.000000169. The summed E-state index contributed by atoms with van der Waals surface area (Å²) in [5.41, 5.74) is 8.88. The first-order chi connectivity index (χ1) is 13.8. The zero-order valence-corrected chi connectivity index (χ0v) is 14.3. The molecular formula is C13H10N12O4. The number of nitrogens with zero attached hydrogens (tertiary/aromatic N) is 9. The van der Waals surface area contributed by atoms with Crippen LogP contribution in [0.15, 0.2) is 22.2 Å². The largest absolute Gasteiger partial charge is 0.364 e. The molecule has 0 aliphatic carbocycles. The summed E-state index contributed by atoms with van der Waals surface area (Å²) in [6, 6.07) is 0. The SMILES string of the molecule is C#CCn1nnc2c(C(N)=O)ncn2c1=O.NC(=O)c1ncn2c(=O)[nH]nnc12. The first kappa shape index (κ1) is 18.8. The number of hydrogen-bond donors (Lipinski definition) is 3. The second-order valence-corrected chi connectivity index (χ2v) is 5.15. The van der Waals surface area contributed by atoms with Crippen LogP contribution in [0.5, 0.6) is 0 Å². The minimum Gasteiger partial charge on any atom is -0.364 e. The van der Waals surface area contributed by atoms with Gasteiger partial charge >= 0.3 is 11.4 Å². The second-order valence-electron chi connectivity index (χ2n) is 5.15. The van der Waals surface area contributed by atoms with Gasteiger partial charge in [0.2, 0.25) is 0 Å². The number of amides is 2. The molecule has 0 aromatic carbocycles. The summed E-state index contributed by atoms with van der Waals surface area (Å²) in [5, 5.41) is 16.1. The summed E-state index contributed by atoms with van der Waals surface area (Å²) in [6.45, 7) is -0.00808. The molecule has 2 amide bonds. The van der Waals surface area contributed by atoms with Gasteiger partial charge in [-0.05, 0) is 0 Å². The van der Waals surface area contributed by atoms with Crippen molar-refractivity contribution in [1.82, 2.24) is 49.2 Å². The van der Waals surface area contributed by atoms with E-state index in [2.05, 4.69) is 41.6 Å². The van der Waals surface area contributed by atoms with Crippen LogP contribution in [0.2, 0.25) is 0 Å². The smallest absolute Gasteiger partial charge is 0.353 e. The Hall–Kier alpha value is -4.94. The minimum absolute atomic E-state index is 0.00808. The Morgan fingerprint density at radius 3 is 2.21 bits per heavy atom. The summed E-state index contributed by atoms with van der Waals surface area (Å²) in [7, 11) is 0. The molecule has 5 N–H and O–H groups in total. The average molecular weight is 398 g/mol. The van der Waals surface area contributed by atoms with E-state index in [-0.39, 0.29) is 29.2 Å². The number of H-pyrrole nitrogens is 1. The number of nitrogens with two attached hydrogens (primary N) is 2. The van der Waals surface area contributed by atoms with Crippen LogP contribution in [-0.4, -0.2) is 61.0 Å². The number of aromatic nitrogens is 10. The molecule has 0 spiro atoms. The molecule has 4 aromatic heterocycles. The molecule has 4 aromatic rings. The number of rotatable bonds is 3. The number of terminal acetylenes is 1. The lowest BCUT2D eigenvalue weighted by Gasteiger charge is -1.98. The fraction of sp³-hybridized carbons (Fsp3) is 0.0769. The summed E-state index contributed by atoms with van der Waals surface area (Å²) in [5.74, 6) is 0.734. The molecule has 146 valence electrons. The van der Waals surface area contributed by atoms with Crippen molar-refractivity contribution in [3.8, 4) is 12.3 Å². The van der Waals surface area contributed by atoms with Gasteiger partial charge in [0.25, 0.3) is 11.8 Å². The molecule has 0 saturated carbocycles. The van der Waals surface area contributed by atoms with Crippen LogP contribution in [-0.2, 0) is 6.54 Å². The predicted octanol–water partition coefficient (Wildman–Crippen LogP) is -4.07. The Kier molecular flexibility index (Phi) is 4.78. The third-order valence-corrected chi connectivity index (χ3v) is 3.38. The third-order valence-electron chi connectivity index (χ3n) is 3.38. The van der Waals surface area contributed by atoms with Crippen LogP contribution in [0, 0.1) is 12.3 Å². The lowest BCUT2D eigenvalue weighted by molar-refractivity contribution is 0.0989. The molecule has 16 nitrogen and oxygen atoms in total. The van der Waals surface area contributed by atoms with Gasteiger partial charge in [0.05, 0.1) is 0 Å². The maximum absolute atomic E-state index is 11.7. The number of carbonyl (C=O) groups excluding carboxylic acids is 2. The van der Waals surface area contributed by atoms with Crippen LogP contribution in [0.3, 0.4) is 0 Å². The maximum Gasteiger partial charge on any atom is 0.353 e. The zero-order valence-electron chi connectivity index (χ0n) is 14.3. The van der Waals surface area contributed by atoms with Crippen molar-refractivity contribution >= 4 is 23.1 Å². The highest BCUT2D eigenvalue weighted by Crippen LogP contribution is 2.01. The maximum atomic E-state index is 11.7. The predicted molar refractivity (Wildman–Crippen MR) is 92.3 cm³/mol. The van der Waals surface area contributed by atoms with Crippen molar-refractivity contribution in [2.45, 2.75) is 6.54 Å². The fourth-order valence-corrected chi connectivity index (χ4v) is 2.12. The molecule has 0 saturated heterocycles. The lowest BCUT2D eigenvalue weighted by atomic mass is 10.4. The van der Waals surface area contributed by atoms with Crippen LogP contribution in [0.1, 0.15) is 21.0 Å². The molecule has 0 radical (unpaired) electrons. The van der Waals surface area contributed by atoms with E-state index in [9.17, 15) is 19.2 Å². The van der Waals surface area contributed by atoms with E-state index in [4.69, 9.17) is 17.9 Å². The number of fused-ring (bicyclic) bond motifs is 2. The van der Waals surface area contributed by atoms with E-state index in [1.54, 1.807) is 0 Å². The summed E-state index contributed by atoms with van der Waals surface area (Å²) in [4.78, 5) is 51.7. The summed E-state index contributed by atoms with van der Waals surface area (Å²) in [6.07, 6.45) is 7.36. The highest BCUT2D eigenvalue weighted by atomic mass is 16.2. The first-order valence-electron chi connectivity index (χ1n) is 7.47. The van der Waals surface area contributed by atoms with Gasteiger partial charge in [0.15, 0.2) is 22.7 Å². The number of carbonyl (C=O) groups is 2. The average Bonchev–Trinajstić information content (AvgIpc) is 3.30. The topological polar surface area (TPSA) is 227 Å². The van der Waals surface area contributed by atoms with Gasteiger partial charge in [-0.2, -0.15) is 4.68 Å². The standard InChI is InChI=1S/C8H6N6O2.C5H4N6O2/c1-2-3-14-8(16)13-4-10-5(6(9)15)7(13)11-12-14;6-3(12)2-4-8-10-9-5(13)11(4)1-7-2/h1,4H,3H2,(H2,9,15);1H,(H2,6,12)(H,8,9,13). The highest BCUT2D eigenvalue weighted by molar-refractivity contribution is 5.97. The molecule has 0 aliphatic heterocycles. The van der Waals surface area contributed by atoms with Crippen LogP contribution in [0.4, 0.5) is 0 Å². The molecular weight excluding hydrogens is 388 g/mol. The third kappa shape index (κ3) is 3.37. The number of imidazole rings is 2. The molecule has 0 fully saturated rings. The van der Waals surface area contributed by atoms with Gasteiger partial charge in [-0.15, -0.1) is 16.6 Å². The van der Waals surface area contributed by atoms with Gasteiger partial charge < -0.3 is 11.5 Å². The number of aromatic amines is 1. The normalized spacial score (nSPS) is 10.3. The fourth-order valence-electron chi connectivity index (χ4n) is 2.12. The Labute approximate surface area is 158 Å². The van der Waals surface area contributed by atoms with Gasteiger partial charge in [-0.25, -0.2) is 33.5 Å². The minimum atomic E-state index is -0.772. The molecule has 0 bridgehead atoms. The quantitative estimate of drug-likeness (QED) is 0.283. The van der Waals surface area contributed by atoms with E-state index < -0.39 is 23.2 Å². The molecule has 4 rings (SSSR count). The zero-order chi connectivity index (χ0) is 21.1. The second kappa shape index (κ2) is 7.36. The van der Waals surface area contributed by atoms with Crippen LogP contribution >= 0.6 is 0 Å². The molecule has 4 heterocycles. The molecule has 0 aliphatic rings. The van der Waals surface area contributed by atoms with Crippen LogP contribution in [0.25, 0.3) is 11.3 Å². The Morgan fingerprint density at radius 2 is 1.62 bits per heavy atom. The molecule has 0 unspecified atom stereocenters. The van der Waals surface area contributed by atoms with E-state index >= 15 is 0 Å². The Bertz CT molecular complexity index is 1400. The number of hydrogen-bond acceptors (Lipinski definition) is 10. The van der Waals surface area contributed by atoms with Crippen LogP contribution < -0.4 is 22.8 Å². The highest BCUT2D eigenvalue weighted by Gasteiger charge is 2.14. The van der Waals surface area contributed by atoms with Gasteiger partial charge in [0, 0.05) is 0 Å². The number of nitrogens with one attached hydrogen (secondary N) is 1. The van der Waals surface area contributed by atoms with Gasteiger partial charge in [0.1, 0.15) is 19.2 Å². The molecule has 0 atom stereocenters. The van der Waals surface area contributed by atoms with Crippen molar-refractivity contribution in [3.05, 3.63) is 45.0 Å². The van der Waals surface area contributed by atoms with Crippen molar-refractivity contribution in [3.63, 3.8) is 0 Å². The van der Waals surface area contributed by atoms with E-state index in [1.165, 1.54) is 0 Å². The summed E-state index contributed by atoms with van der Waals surface area (Å²) < 4.78 is 3.08. The van der Waals surface area contributed by atoms with E-state index in [1.807, 2.05) is 0 Å².